The van der Waals surface area contributed by atoms with Crippen molar-refractivity contribution < 1.29 is 4.79 Å². The van der Waals surface area contributed by atoms with Crippen LogP contribution in [-0.2, 0) is 6.54 Å². The summed E-state index contributed by atoms with van der Waals surface area (Å²) in [5, 5.41) is 2.90. The van der Waals surface area contributed by atoms with E-state index >= 15 is 0 Å². The van der Waals surface area contributed by atoms with Crippen LogP contribution in [0.15, 0.2) is 54.9 Å². The molecule has 1 heterocycles. The highest BCUT2D eigenvalue weighted by Crippen LogP contribution is 2.17. The SMILES string of the molecule is Cc1ncn(-c2ccc(NC(=O)c3cccc(CN)c3)cc2)c1C. The molecule has 24 heavy (non-hydrogen) atoms. The minimum absolute atomic E-state index is 0.146. The van der Waals surface area contributed by atoms with Crippen LogP contribution < -0.4 is 11.1 Å². The van der Waals surface area contributed by atoms with Gasteiger partial charge in [0.15, 0.2) is 0 Å². The summed E-state index contributed by atoms with van der Waals surface area (Å²) in [6.07, 6.45) is 1.80. The highest BCUT2D eigenvalue weighted by molar-refractivity contribution is 6.04. The number of nitrogens with two attached hydrogens (primary N) is 1. The van der Waals surface area contributed by atoms with E-state index in [1.165, 1.54) is 0 Å². The van der Waals surface area contributed by atoms with Gasteiger partial charge in [-0.3, -0.25) is 4.79 Å². The molecule has 0 radical (unpaired) electrons. The van der Waals surface area contributed by atoms with Gasteiger partial charge in [-0.25, -0.2) is 4.98 Å². The summed E-state index contributed by atoms with van der Waals surface area (Å²) in [6, 6.07) is 15.0. The molecule has 0 bridgehead atoms. The van der Waals surface area contributed by atoms with Crippen LogP contribution in [0.5, 0.6) is 0 Å². The van der Waals surface area contributed by atoms with E-state index in [0.717, 1.165) is 28.3 Å². The van der Waals surface area contributed by atoms with E-state index in [1.54, 1.807) is 18.5 Å². The zero-order valence-electron chi connectivity index (χ0n) is 13.8. The standard InChI is InChI=1S/C19H20N4O/c1-13-14(2)23(12-21-13)18-8-6-17(7-9-18)22-19(24)16-5-3-4-15(10-16)11-20/h3-10,12H,11,20H2,1-2H3,(H,22,24). The first kappa shape index (κ1) is 16.0. The lowest BCUT2D eigenvalue weighted by Crippen LogP contribution is -2.12. The Morgan fingerprint density at radius 3 is 2.54 bits per heavy atom. The predicted molar refractivity (Wildman–Crippen MR) is 95.3 cm³/mol. The monoisotopic (exact) mass is 320 g/mol. The van der Waals surface area contributed by atoms with Crippen molar-refractivity contribution in [3.05, 3.63) is 77.4 Å². The van der Waals surface area contributed by atoms with E-state index in [0.29, 0.717) is 12.1 Å². The predicted octanol–water partition coefficient (Wildman–Crippen LogP) is 3.20. The third-order valence-corrected chi connectivity index (χ3v) is 4.08. The molecular weight excluding hydrogens is 300 g/mol. The van der Waals surface area contributed by atoms with Crippen molar-refractivity contribution in [2.45, 2.75) is 20.4 Å². The van der Waals surface area contributed by atoms with E-state index in [2.05, 4.69) is 10.3 Å². The summed E-state index contributed by atoms with van der Waals surface area (Å²) in [5.41, 5.74) is 11.0. The summed E-state index contributed by atoms with van der Waals surface area (Å²) in [6.45, 7) is 4.43. The van der Waals surface area contributed by atoms with Gasteiger partial charge < -0.3 is 15.6 Å². The highest BCUT2D eigenvalue weighted by atomic mass is 16.1. The van der Waals surface area contributed by atoms with Crippen LogP contribution in [0, 0.1) is 13.8 Å². The number of amides is 1. The number of aryl methyl sites for hydroxylation is 1. The van der Waals surface area contributed by atoms with Gasteiger partial charge in [0.1, 0.15) is 0 Å². The number of benzene rings is 2. The number of hydrogen-bond donors (Lipinski definition) is 2. The van der Waals surface area contributed by atoms with Crippen LogP contribution in [-0.4, -0.2) is 15.5 Å². The minimum atomic E-state index is -0.146. The van der Waals surface area contributed by atoms with Gasteiger partial charge >= 0.3 is 0 Å². The van der Waals surface area contributed by atoms with Crippen molar-refractivity contribution in [2.24, 2.45) is 5.73 Å². The van der Waals surface area contributed by atoms with Gasteiger partial charge in [0.25, 0.3) is 5.91 Å². The maximum atomic E-state index is 12.3. The molecule has 0 fully saturated rings. The number of hydrogen-bond acceptors (Lipinski definition) is 3. The quantitative estimate of drug-likeness (QED) is 0.775. The third kappa shape index (κ3) is 3.21. The van der Waals surface area contributed by atoms with Crippen molar-refractivity contribution in [3.63, 3.8) is 0 Å². The van der Waals surface area contributed by atoms with Crippen LogP contribution in [0.1, 0.15) is 27.3 Å². The van der Waals surface area contributed by atoms with Crippen LogP contribution in [0.2, 0.25) is 0 Å². The summed E-state index contributed by atoms with van der Waals surface area (Å²) < 4.78 is 2.02. The molecule has 2 aromatic carbocycles. The smallest absolute Gasteiger partial charge is 0.255 e. The number of rotatable bonds is 4. The second-order valence-electron chi connectivity index (χ2n) is 5.69. The van der Waals surface area contributed by atoms with Gasteiger partial charge in [0.05, 0.1) is 12.0 Å². The number of aromatic nitrogens is 2. The molecule has 0 unspecified atom stereocenters. The van der Waals surface area contributed by atoms with E-state index < -0.39 is 0 Å². The molecule has 1 aromatic heterocycles. The third-order valence-electron chi connectivity index (χ3n) is 4.08. The molecule has 0 aliphatic heterocycles. The van der Waals surface area contributed by atoms with E-state index in [1.807, 2.05) is 54.8 Å². The maximum Gasteiger partial charge on any atom is 0.255 e. The van der Waals surface area contributed by atoms with Crippen molar-refractivity contribution in [1.29, 1.82) is 0 Å². The fraction of sp³-hybridized carbons (Fsp3) is 0.158. The average molecular weight is 320 g/mol. The number of imidazole rings is 1. The highest BCUT2D eigenvalue weighted by Gasteiger charge is 2.08. The van der Waals surface area contributed by atoms with Gasteiger partial charge in [-0.1, -0.05) is 12.1 Å². The molecule has 5 nitrogen and oxygen atoms in total. The second-order valence-corrected chi connectivity index (χ2v) is 5.69. The Bertz CT molecular complexity index is 865. The van der Waals surface area contributed by atoms with Crippen molar-refractivity contribution in [1.82, 2.24) is 9.55 Å². The Morgan fingerprint density at radius 1 is 1.17 bits per heavy atom. The molecule has 3 aromatic rings. The zero-order chi connectivity index (χ0) is 17.1. The Balaban J connectivity index is 1.76. The van der Waals surface area contributed by atoms with Crippen molar-refractivity contribution in [3.8, 4) is 5.69 Å². The average Bonchev–Trinajstić information content (AvgIpc) is 2.95. The zero-order valence-corrected chi connectivity index (χ0v) is 13.8. The van der Waals surface area contributed by atoms with Crippen LogP contribution in [0.3, 0.4) is 0 Å². The maximum absolute atomic E-state index is 12.3. The van der Waals surface area contributed by atoms with Crippen molar-refractivity contribution >= 4 is 11.6 Å². The van der Waals surface area contributed by atoms with Crippen LogP contribution in [0.25, 0.3) is 5.69 Å². The fourth-order valence-electron chi connectivity index (χ4n) is 2.51. The molecule has 0 saturated heterocycles. The lowest BCUT2D eigenvalue weighted by atomic mass is 10.1. The van der Waals surface area contributed by atoms with Gasteiger partial charge in [-0.15, -0.1) is 0 Å². The Kier molecular flexibility index (Phi) is 4.44. The Hall–Kier alpha value is -2.92. The van der Waals surface area contributed by atoms with Crippen molar-refractivity contribution in [2.75, 3.05) is 5.32 Å². The molecule has 0 aliphatic carbocycles. The number of anilines is 1. The molecule has 0 spiro atoms. The molecular formula is C19H20N4O. The second kappa shape index (κ2) is 6.68. The number of carbonyl (C=O) groups is 1. The fourth-order valence-corrected chi connectivity index (χ4v) is 2.51. The largest absolute Gasteiger partial charge is 0.326 e. The summed E-state index contributed by atoms with van der Waals surface area (Å²) >= 11 is 0. The van der Waals surface area contributed by atoms with E-state index in [9.17, 15) is 4.79 Å². The molecule has 0 saturated carbocycles. The van der Waals surface area contributed by atoms with Crippen LogP contribution >= 0.6 is 0 Å². The Labute approximate surface area is 141 Å². The summed E-state index contributed by atoms with van der Waals surface area (Å²) in [7, 11) is 0. The van der Waals surface area contributed by atoms with E-state index in [4.69, 9.17) is 5.73 Å². The summed E-state index contributed by atoms with van der Waals surface area (Å²) in [4.78, 5) is 16.6. The normalized spacial score (nSPS) is 10.6. The van der Waals surface area contributed by atoms with Gasteiger partial charge in [0.2, 0.25) is 0 Å². The van der Waals surface area contributed by atoms with Gasteiger partial charge in [0, 0.05) is 29.2 Å². The topological polar surface area (TPSA) is 72.9 Å². The molecule has 122 valence electrons. The number of nitrogens with one attached hydrogen (secondary N) is 1. The van der Waals surface area contributed by atoms with Crippen LogP contribution in [0.4, 0.5) is 5.69 Å². The first-order valence-corrected chi connectivity index (χ1v) is 7.80. The summed E-state index contributed by atoms with van der Waals surface area (Å²) in [5.74, 6) is -0.146. The lowest BCUT2D eigenvalue weighted by molar-refractivity contribution is 0.102. The van der Waals surface area contributed by atoms with E-state index in [-0.39, 0.29) is 5.91 Å². The van der Waals surface area contributed by atoms with Gasteiger partial charge in [-0.2, -0.15) is 0 Å². The first-order valence-electron chi connectivity index (χ1n) is 7.80. The molecule has 0 atom stereocenters. The first-order chi connectivity index (χ1) is 11.6. The molecule has 3 N–H and O–H groups in total. The number of nitrogens with zero attached hydrogens (tertiary/aromatic N) is 2. The van der Waals surface area contributed by atoms with Gasteiger partial charge in [-0.05, 0) is 55.8 Å². The minimum Gasteiger partial charge on any atom is -0.326 e. The molecule has 0 aliphatic rings. The number of carbonyl (C=O) groups excluding carboxylic acids is 1. The lowest BCUT2D eigenvalue weighted by Gasteiger charge is -2.09. The Morgan fingerprint density at radius 2 is 1.92 bits per heavy atom. The molecule has 1 amide bonds. The molecule has 5 heteroatoms. The molecule has 3 rings (SSSR count).